The molecule has 1 amide bonds. The van der Waals surface area contributed by atoms with Crippen LogP contribution in [0.2, 0.25) is 0 Å². The monoisotopic (exact) mass is 298 g/mol. The van der Waals surface area contributed by atoms with Crippen LogP contribution in [0.25, 0.3) is 5.69 Å². The molecule has 0 spiro atoms. The molecule has 2 aromatic rings. The van der Waals surface area contributed by atoms with Crippen molar-refractivity contribution in [3.63, 3.8) is 0 Å². The quantitative estimate of drug-likeness (QED) is 0.935. The smallest absolute Gasteiger partial charge is 0.254 e. The van der Waals surface area contributed by atoms with Crippen LogP contribution in [-0.4, -0.2) is 17.1 Å². The minimum Gasteiger partial charge on any atom is -0.494 e. The van der Waals surface area contributed by atoms with E-state index in [4.69, 9.17) is 10.5 Å². The lowest BCUT2D eigenvalue weighted by Crippen LogP contribution is -2.26. The molecule has 1 aliphatic carbocycles. The van der Waals surface area contributed by atoms with E-state index in [9.17, 15) is 9.59 Å². The lowest BCUT2D eigenvalue weighted by atomic mass is 10.1. The molecule has 0 saturated heterocycles. The Morgan fingerprint density at radius 1 is 1.27 bits per heavy atom. The maximum absolute atomic E-state index is 12.3. The van der Waals surface area contributed by atoms with E-state index in [1.165, 1.54) is 0 Å². The van der Waals surface area contributed by atoms with E-state index < -0.39 is 5.91 Å². The molecule has 1 heterocycles. The average Bonchev–Trinajstić information content (AvgIpc) is 2.99. The number of carbonyl (C=O) groups is 1. The van der Waals surface area contributed by atoms with E-state index in [1.54, 1.807) is 6.20 Å². The average molecular weight is 298 g/mol. The highest BCUT2D eigenvalue weighted by Gasteiger charge is 2.22. The molecule has 2 N–H and O–H groups in total. The molecule has 0 aliphatic heterocycles. The largest absolute Gasteiger partial charge is 0.494 e. The molecular weight excluding hydrogens is 280 g/mol. The van der Waals surface area contributed by atoms with Crippen LogP contribution in [0, 0.1) is 0 Å². The van der Waals surface area contributed by atoms with E-state index in [1.807, 2.05) is 35.8 Å². The minimum absolute atomic E-state index is 0.0505. The predicted molar refractivity (Wildman–Crippen MR) is 83.8 cm³/mol. The molecule has 0 radical (unpaired) electrons. The molecule has 1 aromatic heterocycles. The van der Waals surface area contributed by atoms with Crippen molar-refractivity contribution in [2.45, 2.75) is 26.2 Å². The van der Waals surface area contributed by atoms with Gasteiger partial charge in [-0.1, -0.05) is 0 Å². The van der Waals surface area contributed by atoms with Crippen LogP contribution in [0.4, 0.5) is 0 Å². The summed E-state index contributed by atoms with van der Waals surface area (Å²) in [6, 6.07) is 7.59. The zero-order valence-corrected chi connectivity index (χ0v) is 12.5. The van der Waals surface area contributed by atoms with Crippen LogP contribution >= 0.6 is 0 Å². The summed E-state index contributed by atoms with van der Waals surface area (Å²) >= 11 is 0. The molecule has 0 fully saturated rings. The molecule has 0 atom stereocenters. The van der Waals surface area contributed by atoms with Crippen molar-refractivity contribution >= 4 is 5.91 Å². The second-order valence-corrected chi connectivity index (χ2v) is 5.31. The van der Waals surface area contributed by atoms with Crippen molar-refractivity contribution in [3.8, 4) is 11.4 Å². The number of ether oxygens (including phenoxy) is 1. The zero-order chi connectivity index (χ0) is 15.7. The first-order chi connectivity index (χ1) is 10.6. The number of aromatic nitrogens is 1. The lowest BCUT2D eigenvalue weighted by Gasteiger charge is -2.15. The van der Waals surface area contributed by atoms with Gasteiger partial charge >= 0.3 is 0 Å². The minimum atomic E-state index is -0.681. The van der Waals surface area contributed by atoms with Gasteiger partial charge < -0.3 is 15.0 Å². The predicted octanol–water partition coefficient (Wildman–Crippen LogP) is 1.82. The van der Waals surface area contributed by atoms with E-state index in [2.05, 4.69) is 0 Å². The second kappa shape index (κ2) is 5.67. The van der Waals surface area contributed by atoms with Gasteiger partial charge in [0.15, 0.2) is 5.43 Å². The van der Waals surface area contributed by atoms with Crippen molar-refractivity contribution in [2.24, 2.45) is 5.73 Å². The Morgan fingerprint density at radius 3 is 2.64 bits per heavy atom. The molecule has 114 valence electrons. The zero-order valence-electron chi connectivity index (χ0n) is 12.5. The highest BCUT2D eigenvalue weighted by Crippen LogP contribution is 2.24. The van der Waals surface area contributed by atoms with Gasteiger partial charge in [-0.3, -0.25) is 9.59 Å². The molecule has 0 bridgehead atoms. The number of nitrogens with zero attached hydrogens (tertiary/aromatic N) is 1. The van der Waals surface area contributed by atoms with Crippen molar-refractivity contribution < 1.29 is 9.53 Å². The fourth-order valence-corrected chi connectivity index (χ4v) is 2.94. The molecule has 5 nitrogen and oxygen atoms in total. The summed E-state index contributed by atoms with van der Waals surface area (Å²) in [5.74, 6) is 0.110. The highest BCUT2D eigenvalue weighted by molar-refractivity contribution is 5.92. The SMILES string of the molecule is CCOc1ccc(-n2cc(C(N)=O)c(=O)c3c2CCC3)cc1. The number of fused-ring (bicyclic) bond motifs is 1. The number of primary amides is 1. The van der Waals surface area contributed by atoms with Crippen LogP contribution in [-0.2, 0) is 12.8 Å². The van der Waals surface area contributed by atoms with E-state index in [-0.39, 0.29) is 11.0 Å². The van der Waals surface area contributed by atoms with Crippen molar-refractivity contribution in [1.29, 1.82) is 0 Å². The Hall–Kier alpha value is -2.56. The number of rotatable bonds is 4. The molecule has 1 aromatic carbocycles. The third kappa shape index (κ3) is 2.39. The summed E-state index contributed by atoms with van der Waals surface area (Å²) in [5.41, 5.74) is 7.75. The molecule has 22 heavy (non-hydrogen) atoms. The Morgan fingerprint density at radius 2 is 2.00 bits per heavy atom. The standard InChI is InChI=1S/C17H18N2O3/c1-2-22-12-8-6-11(7-9-12)19-10-14(17(18)21)16(20)13-4-3-5-15(13)19/h6-10H,2-5H2,1H3,(H2,18,21). The molecule has 5 heteroatoms. The van der Waals surface area contributed by atoms with Crippen LogP contribution in [0.3, 0.4) is 0 Å². The maximum atomic E-state index is 12.3. The second-order valence-electron chi connectivity index (χ2n) is 5.31. The Balaban J connectivity index is 2.14. The van der Waals surface area contributed by atoms with Crippen molar-refractivity contribution in [2.75, 3.05) is 6.61 Å². The fourth-order valence-electron chi connectivity index (χ4n) is 2.94. The summed E-state index contributed by atoms with van der Waals surface area (Å²) in [6.07, 6.45) is 4.01. The Labute approximate surface area is 128 Å². The number of benzene rings is 1. The van der Waals surface area contributed by atoms with Crippen molar-refractivity contribution in [1.82, 2.24) is 4.57 Å². The molecule has 0 saturated carbocycles. The number of amides is 1. The summed E-state index contributed by atoms with van der Waals surface area (Å²) in [5, 5.41) is 0. The van der Waals surface area contributed by atoms with Gasteiger partial charge in [-0.05, 0) is 50.5 Å². The van der Waals surface area contributed by atoms with Gasteiger partial charge in [0.2, 0.25) is 0 Å². The van der Waals surface area contributed by atoms with Gasteiger partial charge in [-0.2, -0.15) is 0 Å². The number of nitrogens with two attached hydrogens (primary N) is 1. The third-order valence-corrected chi connectivity index (χ3v) is 3.95. The number of pyridine rings is 1. The summed E-state index contributed by atoms with van der Waals surface area (Å²) < 4.78 is 7.34. The first kappa shape index (κ1) is 14.4. The highest BCUT2D eigenvalue weighted by atomic mass is 16.5. The Bertz CT molecular complexity index is 776. The van der Waals surface area contributed by atoms with Gasteiger partial charge in [0.1, 0.15) is 11.3 Å². The first-order valence-electron chi connectivity index (χ1n) is 7.42. The van der Waals surface area contributed by atoms with Crippen LogP contribution in [0.5, 0.6) is 5.75 Å². The Kier molecular flexibility index (Phi) is 3.71. The normalized spacial score (nSPS) is 13.0. The van der Waals surface area contributed by atoms with E-state index >= 15 is 0 Å². The fraction of sp³-hybridized carbons (Fsp3) is 0.294. The lowest BCUT2D eigenvalue weighted by molar-refractivity contribution is 0.0998. The summed E-state index contributed by atoms with van der Waals surface area (Å²) in [4.78, 5) is 23.8. The van der Waals surface area contributed by atoms with Crippen molar-refractivity contribution in [3.05, 3.63) is 57.5 Å². The molecule has 1 aliphatic rings. The van der Waals surface area contributed by atoms with Gasteiger partial charge in [0.25, 0.3) is 5.91 Å². The van der Waals surface area contributed by atoms with Gasteiger partial charge in [0, 0.05) is 23.1 Å². The number of hydrogen-bond acceptors (Lipinski definition) is 3. The number of hydrogen-bond donors (Lipinski definition) is 1. The van der Waals surface area contributed by atoms with Gasteiger partial charge in [0.05, 0.1) is 6.61 Å². The van der Waals surface area contributed by atoms with Crippen LogP contribution < -0.4 is 15.9 Å². The summed E-state index contributed by atoms with van der Waals surface area (Å²) in [6.45, 7) is 2.54. The molecule has 3 rings (SSSR count). The van der Waals surface area contributed by atoms with Crippen LogP contribution in [0.15, 0.2) is 35.3 Å². The van der Waals surface area contributed by atoms with Gasteiger partial charge in [-0.25, -0.2) is 0 Å². The first-order valence-corrected chi connectivity index (χ1v) is 7.42. The third-order valence-electron chi connectivity index (χ3n) is 3.95. The maximum Gasteiger partial charge on any atom is 0.254 e. The van der Waals surface area contributed by atoms with E-state index in [0.29, 0.717) is 18.6 Å². The number of carbonyl (C=O) groups excluding carboxylic acids is 1. The van der Waals surface area contributed by atoms with Gasteiger partial charge in [-0.15, -0.1) is 0 Å². The topological polar surface area (TPSA) is 74.3 Å². The van der Waals surface area contributed by atoms with E-state index in [0.717, 1.165) is 30.0 Å². The van der Waals surface area contributed by atoms with Crippen LogP contribution in [0.1, 0.15) is 35.0 Å². The molecule has 0 unspecified atom stereocenters. The molecular formula is C17H18N2O3. The summed E-state index contributed by atoms with van der Waals surface area (Å²) in [7, 11) is 0.